The smallest absolute Gasteiger partial charge is 0.251 e. The highest BCUT2D eigenvalue weighted by molar-refractivity contribution is 9.10. The van der Waals surface area contributed by atoms with Crippen LogP contribution in [0.5, 0.6) is 0 Å². The highest BCUT2D eigenvalue weighted by atomic mass is 79.9. The normalized spacial score (nSPS) is 10.1. The molecule has 5 heteroatoms. The predicted octanol–water partition coefficient (Wildman–Crippen LogP) is 2.91. The fourth-order valence-corrected chi connectivity index (χ4v) is 1.87. The zero-order valence-electron chi connectivity index (χ0n) is 9.36. The third-order valence-corrected chi connectivity index (χ3v) is 2.88. The van der Waals surface area contributed by atoms with Crippen molar-refractivity contribution in [1.82, 2.24) is 10.3 Å². The second-order valence-corrected chi connectivity index (χ2v) is 4.57. The molecule has 0 unspecified atom stereocenters. The average molecular weight is 309 g/mol. The quantitative estimate of drug-likeness (QED) is 0.947. The Morgan fingerprint density at radius 1 is 1.28 bits per heavy atom. The summed E-state index contributed by atoms with van der Waals surface area (Å²) in [4.78, 5) is 15.6. The van der Waals surface area contributed by atoms with Crippen molar-refractivity contribution in [3.8, 4) is 0 Å². The van der Waals surface area contributed by atoms with Gasteiger partial charge in [0, 0.05) is 34.5 Å². The van der Waals surface area contributed by atoms with Gasteiger partial charge < -0.3 is 5.32 Å². The fraction of sp³-hybridized carbons (Fsp3) is 0.0769. The Labute approximate surface area is 112 Å². The van der Waals surface area contributed by atoms with Gasteiger partial charge in [-0.15, -0.1) is 0 Å². The van der Waals surface area contributed by atoms with Gasteiger partial charge in [0.05, 0.1) is 0 Å². The molecule has 2 aromatic rings. The lowest BCUT2D eigenvalue weighted by molar-refractivity contribution is 0.0950. The summed E-state index contributed by atoms with van der Waals surface area (Å²) in [5, 5.41) is 2.66. The molecule has 0 radical (unpaired) electrons. The number of carbonyl (C=O) groups excluding carboxylic acids is 1. The molecule has 0 saturated carbocycles. The lowest BCUT2D eigenvalue weighted by Gasteiger charge is -2.06. The molecule has 0 aliphatic rings. The first kappa shape index (κ1) is 12.7. The monoisotopic (exact) mass is 308 g/mol. The Morgan fingerprint density at radius 2 is 2.00 bits per heavy atom. The first-order chi connectivity index (χ1) is 8.66. The first-order valence-corrected chi connectivity index (χ1v) is 6.08. The van der Waals surface area contributed by atoms with Gasteiger partial charge in [0.1, 0.15) is 5.82 Å². The van der Waals surface area contributed by atoms with E-state index in [1.165, 1.54) is 18.5 Å². The van der Waals surface area contributed by atoms with Gasteiger partial charge in [0.2, 0.25) is 0 Å². The topological polar surface area (TPSA) is 42.0 Å². The third kappa shape index (κ3) is 3.13. The van der Waals surface area contributed by atoms with Gasteiger partial charge in [-0.3, -0.25) is 9.78 Å². The number of hydrogen-bond donors (Lipinski definition) is 1. The number of carbonyl (C=O) groups is 1. The standard InChI is InChI=1S/C13H10BrFN2O/c14-11-1-2-12(15)10(7-11)8-17-13(18)9-3-5-16-6-4-9/h1-7H,8H2,(H,17,18). The van der Waals surface area contributed by atoms with E-state index in [2.05, 4.69) is 26.2 Å². The van der Waals surface area contributed by atoms with Crippen molar-refractivity contribution in [1.29, 1.82) is 0 Å². The lowest BCUT2D eigenvalue weighted by Crippen LogP contribution is -2.23. The maximum Gasteiger partial charge on any atom is 0.251 e. The van der Waals surface area contributed by atoms with Crippen molar-refractivity contribution in [3.63, 3.8) is 0 Å². The molecule has 0 saturated heterocycles. The Bertz CT molecular complexity index is 560. The summed E-state index contributed by atoms with van der Waals surface area (Å²) >= 11 is 3.26. The fourth-order valence-electron chi connectivity index (χ4n) is 1.46. The first-order valence-electron chi connectivity index (χ1n) is 5.29. The molecule has 0 bridgehead atoms. The number of halogens is 2. The molecule has 0 aliphatic carbocycles. The Morgan fingerprint density at radius 3 is 2.72 bits per heavy atom. The number of rotatable bonds is 3. The van der Waals surface area contributed by atoms with Gasteiger partial charge in [0.25, 0.3) is 5.91 Å². The molecule has 92 valence electrons. The summed E-state index contributed by atoms with van der Waals surface area (Å²) in [6, 6.07) is 7.82. The van der Waals surface area contributed by atoms with Crippen LogP contribution in [0.2, 0.25) is 0 Å². The van der Waals surface area contributed by atoms with Gasteiger partial charge in [-0.25, -0.2) is 4.39 Å². The number of hydrogen-bond acceptors (Lipinski definition) is 2. The van der Waals surface area contributed by atoms with Crippen molar-refractivity contribution in [2.75, 3.05) is 0 Å². The van der Waals surface area contributed by atoms with Crippen LogP contribution in [-0.4, -0.2) is 10.9 Å². The predicted molar refractivity (Wildman–Crippen MR) is 69.5 cm³/mol. The number of pyridine rings is 1. The van der Waals surface area contributed by atoms with E-state index in [0.29, 0.717) is 11.1 Å². The van der Waals surface area contributed by atoms with E-state index in [1.54, 1.807) is 24.3 Å². The zero-order valence-corrected chi connectivity index (χ0v) is 10.9. The summed E-state index contributed by atoms with van der Waals surface area (Å²) in [7, 11) is 0. The minimum atomic E-state index is -0.340. The van der Waals surface area contributed by atoms with E-state index in [-0.39, 0.29) is 18.3 Å². The van der Waals surface area contributed by atoms with E-state index in [1.807, 2.05) is 0 Å². The van der Waals surface area contributed by atoms with Crippen molar-refractivity contribution in [2.45, 2.75) is 6.54 Å². The number of nitrogens with one attached hydrogen (secondary N) is 1. The molecule has 1 heterocycles. The van der Waals surface area contributed by atoms with Gasteiger partial charge in [-0.1, -0.05) is 15.9 Å². The van der Waals surface area contributed by atoms with Crippen LogP contribution in [-0.2, 0) is 6.54 Å². The molecular formula is C13H10BrFN2O. The SMILES string of the molecule is O=C(NCc1cc(Br)ccc1F)c1ccncc1. The van der Waals surface area contributed by atoms with Crippen LogP contribution in [0.4, 0.5) is 4.39 Å². The average Bonchev–Trinajstić information content (AvgIpc) is 2.40. The van der Waals surface area contributed by atoms with Gasteiger partial charge >= 0.3 is 0 Å². The largest absolute Gasteiger partial charge is 0.348 e. The van der Waals surface area contributed by atoms with E-state index in [9.17, 15) is 9.18 Å². The van der Waals surface area contributed by atoms with E-state index in [0.717, 1.165) is 4.47 Å². The van der Waals surface area contributed by atoms with Crippen molar-refractivity contribution < 1.29 is 9.18 Å². The van der Waals surface area contributed by atoms with Gasteiger partial charge in [-0.05, 0) is 30.3 Å². The molecule has 0 atom stereocenters. The number of nitrogens with zero attached hydrogens (tertiary/aromatic N) is 1. The molecule has 3 nitrogen and oxygen atoms in total. The van der Waals surface area contributed by atoms with Gasteiger partial charge in [-0.2, -0.15) is 0 Å². The molecule has 1 amide bonds. The van der Waals surface area contributed by atoms with Crippen molar-refractivity contribution in [3.05, 3.63) is 64.1 Å². The van der Waals surface area contributed by atoms with Crippen LogP contribution in [0.15, 0.2) is 47.2 Å². The van der Waals surface area contributed by atoms with Crippen LogP contribution in [0.3, 0.4) is 0 Å². The summed E-state index contributed by atoms with van der Waals surface area (Å²) in [6.07, 6.45) is 3.07. The van der Waals surface area contributed by atoms with E-state index < -0.39 is 0 Å². The van der Waals surface area contributed by atoms with Gasteiger partial charge in [0.15, 0.2) is 0 Å². The van der Waals surface area contributed by atoms with E-state index in [4.69, 9.17) is 0 Å². The van der Waals surface area contributed by atoms with Crippen molar-refractivity contribution in [2.24, 2.45) is 0 Å². The molecule has 1 aromatic carbocycles. The molecule has 18 heavy (non-hydrogen) atoms. The molecule has 2 rings (SSSR count). The minimum Gasteiger partial charge on any atom is -0.348 e. The van der Waals surface area contributed by atoms with Crippen molar-refractivity contribution >= 4 is 21.8 Å². The summed E-state index contributed by atoms with van der Waals surface area (Å²) in [5.41, 5.74) is 0.937. The molecule has 0 spiro atoms. The maximum absolute atomic E-state index is 13.4. The molecular weight excluding hydrogens is 299 g/mol. The third-order valence-electron chi connectivity index (χ3n) is 2.39. The lowest BCUT2D eigenvalue weighted by atomic mass is 10.2. The highest BCUT2D eigenvalue weighted by Gasteiger charge is 2.07. The summed E-state index contributed by atoms with van der Waals surface area (Å²) in [5.74, 6) is -0.593. The van der Waals surface area contributed by atoms with E-state index >= 15 is 0 Å². The number of amides is 1. The zero-order chi connectivity index (χ0) is 13.0. The van der Waals surface area contributed by atoms with Crippen LogP contribution in [0.1, 0.15) is 15.9 Å². The van der Waals surface area contributed by atoms with Crippen LogP contribution < -0.4 is 5.32 Å². The Kier molecular flexibility index (Phi) is 4.04. The highest BCUT2D eigenvalue weighted by Crippen LogP contribution is 2.15. The second-order valence-electron chi connectivity index (χ2n) is 3.65. The summed E-state index contributed by atoms with van der Waals surface area (Å²) in [6.45, 7) is 0.145. The molecule has 1 aromatic heterocycles. The summed E-state index contributed by atoms with van der Waals surface area (Å²) < 4.78 is 14.2. The molecule has 0 aliphatic heterocycles. The Hall–Kier alpha value is -1.75. The second kappa shape index (κ2) is 5.73. The van der Waals surface area contributed by atoms with Crippen LogP contribution in [0, 0.1) is 5.82 Å². The van der Waals surface area contributed by atoms with Crippen LogP contribution >= 0.6 is 15.9 Å². The minimum absolute atomic E-state index is 0.145. The number of aromatic nitrogens is 1. The molecule has 1 N–H and O–H groups in total. The molecule has 0 fully saturated rings. The maximum atomic E-state index is 13.4. The Balaban J connectivity index is 2.04. The van der Waals surface area contributed by atoms with Crippen LogP contribution in [0.25, 0.3) is 0 Å². The number of benzene rings is 1.